The highest BCUT2D eigenvalue weighted by molar-refractivity contribution is 5.79. The first-order valence-corrected chi connectivity index (χ1v) is 6.68. The molecule has 0 aromatic rings. The van der Waals surface area contributed by atoms with Crippen LogP contribution in [0.2, 0.25) is 0 Å². The van der Waals surface area contributed by atoms with E-state index in [-0.39, 0.29) is 17.7 Å². The maximum Gasteiger partial charge on any atom is 0.223 e. The zero-order valence-electron chi connectivity index (χ0n) is 11.7. The molecule has 0 aliphatic carbocycles. The summed E-state index contributed by atoms with van der Waals surface area (Å²) in [5.41, 5.74) is 0. The predicted octanol–water partition coefficient (Wildman–Crippen LogP) is 0.313. The van der Waals surface area contributed by atoms with Crippen LogP contribution in [-0.2, 0) is 9.59 Å². The molecule has 18 heavy (non-hydrogen) atoms. The number of carbonyl (C=O) groups excluding carboxylic acids is 2. The van der Waals surface area contributed by atoms with E-state index in [4.69, 9.17) is 0 Å². The predicted molar refractivity (Wildman–Crippen MR) is 71.2 cm³/mol. The molecule has 0 spiro atoms. The lowest BCUT2D eigenvalue weighted by Crippen LogP contribution is -2.42. The highest BCUT2D eigenvalue weighted by Gasteiger charge is 2.25. The van der Waals surface area contributed by atoms with Crippen LogP contribution in [0.15, 0.2) is 0 Å². The number of nitrogens with one attached hydrogen (secondary N) is 1. The summed E-state index contributed by atoms with van der Waals surface area (Å²) in [4.78, 5) is 27.0. The summed E-state index contributed by atoms with van der Waals surface area (Å²) in [5, 5.41) is 2.98. The first kappa shape index (κ1) is 15.0. The fraction of sp³-hybridized carbons (Fsp3) is 0.846. The van der Waals surface area contributed by atoms with Gasteiger partial charge in [0, 0.05) is 32.5 Å². The third kappa shape index (κ3) is 5.04. The summed E-state index contributed by atoms with van der Waals surface area (Å²) in [6.07, 6.45) is 2.56. The van der Waals surface area contributed by atoms with Crippen molar-refractivity contribution in [3.63, 3.8) is 0 Å². The quantitative estimate of drug-likeness (QED) is 0.720. The SMILES string of the molecule is CC(=O)N1CCC(C(=O)NCCCN(C)C)CC1. The number of nitrogens with zero attached hydrogens (tertiary/aromatic N) is 2. The molecule has 104 valence electrons. The number of hydrogen-bond acceptors (Lipinski definition) is 3. The van der Waals surface area contributed by atoms with E-state index in [9.17, 15) is 9.59 Å². The molecule has 0 bridgehead atoms. The van der Waals surface area contributed by atoms with E-state index < -0.39 is 0 Å². The van der Waals surface area contributed by atoms with Gasteiger partial charge in [-0.2, -0.15) is 0 Å². The Morgan fingerprint density at radius 1 is 1.28 bits per heavy atom. The molecule has 0 unspecified atom stereocenters. The van der Waals surface area contributed by atoms with E-state index in [2.05, 4.69) is 10.2 Å². The first-order valence-electron chi connectivity index (χ1n) is 6.68. The van der Waals surface area contributed by atoms with Gasteiger partial charge in [-0.3, -0.25) is 9.59 Å². The van der Waals surface area contributed by atoms with Crippen molar-refractivity contribution < 1.29 is 9.59 Å². The fourth-order valence-corrected chi connectivity index (χ4v) is 2.21. The van der Waals surface area contributed by atoms with Gasteiger partial charge in [-0.05, 0) is 39.9 Å². The lowest BCUT2D eigenvalue weighted by Gasteiger charge is -2.30. The fourth-order valence-electron chi connectivity index (χ4n) is 2.21. The Hall–Kier alpha value is -1.10. The van der Waals surface area contributed by atoms with Crippen molar-refractivity contribution in [2.24, 2.45) is 5.92 Å². The Labute approximate surface area is 110 Å². The van der Waals surface area contributed by atoms with Crippen LogP contribution in [-0.4, -0.2) is 61.9 Å². The topological polar surface area (TPSA) is 52.7 Å². The monoisotopic (exact) mass is 255 g/mol. The van der Waals surface area contributed by atoms with Crippen molar-refractivity contribution in [1.82, 2.24) is 15.1 Å². The molecule has 1 heterocycles. The smallest absolute Gasteiger partial charge is 0.223 e. The Morgan fingerprint density at radius 3 is 2.39 bits per heavy atom. The molecule has 0 atom stereocenters. The van der Waals surface area contributed by atoms with Crippen LogP contribution in [0.3, 0.4) is 0 Å². The Morgan fingerprint density at radius 2 is 1.89 bits per heavy atom. The van der Waals surface area contributed by atoms with Crippen molar-refractivity contribution in [1.29, 1.82) is 0 Å². The molecule has 5 nitrogen and oxygen atoms in total. The van der Waals surface area contributed by atoms with Gasteiger partial charge in [0.15, 0.2) is 0 Å². The van der Waals surface area contributed by atoms with Crippen molar-refractivity contribution in [2.45, 2.75) is 26.2 Å². The number of piperidine rings is 1. The highest BCUT2D eigenvalue weighted by Crippen LogP contribution is 2.17. The van der Waals surface area contributed by atoms with E-state index in [1.807, 2.05) is 19.0 Å². The van der Waals surface area contributed by atoms with Crippen LogP contribution in [0.4, 0.5) is 0 Å². The van der Waals surface area contributed by atoms with E-state index in [1.54, 1.807) is 6.92 Å². The lowest BCUT2D eigenvalue weighted by atomic mass is 9.96. The molecule has 1 rings (SSSR count). The van der Waals surface area contributed by atoms with Crippen LogP contribution in [0, 0.1) is 5.92 Å². The second-order valence-electron chi connectivity index (χ2n) is 5.23. The standard InChI is InChI=1S/C13H25N3O2/c1-11(17)16-9-5-12(6-10-16)13(18)14-7-4-8-15(2)3/h12H,4-10H2,1-3H3,(H,14,18). The second-order valence-corrected chi connectivity index (χ2v) is 5.23. The molecule has 1 N–H and O–H groups in total. The van der Waals surface area contributed by atoms with E-state index in [0.717, 1.165) is 32.4 Å². The molecule has 1 saturated heterocycles. The average Bonchev–Trinajstić information content (AvgIpc) is 2.34. The molecule has 0 aromatic carbocycles. The van der Waals surface area contributed by atoms with Crippen LogP contribution in [0.25, 0.3) is 0 Å². The summed E-state index contributed by atoms with van der Waals surface area (Å²) < 4.78 is 0. The van der Waals surface area contributed by atoms with E-state index >= 15 is 0 Å². The Balaban J connectivity index is 2.18. The summed E-state index contributed by atoms with van der Waals surface area (Å²) in [6.45, 7) is 4.74. The highest BCUT2D eigenvalue weighted by atomic mass is 16.2. The minimum Gasteiger partial charge on any atom is -0.356 e. The summed E-state index contributed by atoms with van der Waals surface area (Å²) >= 11 is 0. The minimum atomic E-state index is 0.0833. The van der Waals surface area contributed by atoms with Gasteiger partial charge in [0.25, 0.3) is 0 Å². The Kier molecular flexibility index (Phi) is 6.12. The van der Waals surface area contributed by atoms with Crippen LogP contribution in [0.5, 0.6) is 0 Å². The normalized spacial score (nSPS) is 17.0. The molecule has 1 fully saturated rings. The van der Waals surface area contributed by atoms with Gasteiger partial charge in [-0.25, -0.2) is 0 Å². The maximum absolute atomic E-state index is 11.9. The van der Waals surface area contributed by atoms with Gasteiger partial charge in [0.2, 0.25) is 11.8 Å². The largest absolute Gasteiger partial charge is 0.356 e. The molecule has 0 aromatic heterocycles. The molecular formula is C13H25N3O2. The number of amides is 2. The molecular weight excluding hydrogens is 230 g/mol. The van der Waals surface area contributed by atoms with Crippen molar-refractivity contribution in [2.75, 3.05) is 40.3 Å². The van der Waals surface area contributed by atoms with Gasteiger partial charge in [0.05, 0.1) is 0 Å². The van der Waals surface area contributed by atoms with Crippen molar-refractivity contribution in [3.05, 3.63) is 0 Å². The molecule has 5 heteroatoms. The summed E-state index contributed by atoms with van der Waals surface area (Å²) in [7, 11) is 4.05. The summed E-state index contributed by atoms with van der Waals surface area (Å²) in [5.74, 6) is 0.344. The molecule has 0 saturated carbocycles. The van der Waals surface area contributed by atoms with Gasteiger partial charge < -0.3 is 15.1 Å². The third-order valence-electron chi connectivity index (χ3n) is 3.39. The van der Waals surface area contributed by atoms with Crippen LogP contribution < -0.4 is 5.32 Å². The number of carbonyl (C=O) groups is 2. The van der Waals surface area contributed by atoms with Crippen molar-refractivity contribution >= 4 is 11.8 Å². The number of rotatable bonds is 5. The molecule has 1 aliphatic heterocycles. The molecule has 0 radical (unpaired) electrons. The van der Waals surface area contributed by atoms with E-state index in [1.165, 1.54) is 0 Å². The van der Waals surface area contributed by atoms with Gasteiger partial charge in [-0.15, -0.1) is 0 Å². The third-order valence-corrected chi connectivity index (χ3v) is 3.39. The molecule has 2 amide bonds. The maximum atomic E-state index is 11.9. The minimum absolute atomic E-state index is 0.0833. The zero-order chi connectivity index (χ0) is 13.5. The van der Waals surface area contributed by atoms with Gasteiger partial charge in [-0.1, -0.05) is 0 Å². The van der Waals surface area contributed by atoms with Crippen molar-refractivity contribution in [3.8, 4) is 0 Å². The summed E-state index contributed by atoms with van der Waals surface area (Å²) in [6, 6.07) is 0. The van der Waals surface area contributed by atoms with Gasteiger partial charge >= 0.3 is 0 Å². The number of likely N-dealkylation sites (tertiary alicyclic amines) is 1. The molecule has 1 aliphatic rings. The lowest BCUT2D eigenvalue weighted by molar-refractivity contribution is -0.133. The average molecular weight is 255 g/mol. The van der Waals surface area contributed by atoms with Crippen LogP contribution in [0.1, 0.15) is 26.2 Å². The van der Waals surface area contributed by atoms with Gasteiger partial charge in [0.1, 0.15) is 0 Å². The Bertz CT molecular complexity index is 284. The second kappa shape index (κ2) is 7.36. The first-order chi connectivity index (χ1) is 8.50. The van der Waals surface area contributed by atoms with E-state index in [0.29, 0.717) is 13.1 Å². The zero-order valence-corrected chi connectivity index (χ0v) is 11.7. The number of hydrogen-bond donors (Lipinski definition) is 1. The van der Waals surface area contributed by atoms with Crippen LogP contribution >= 0.6 is 0 Å².